The minimum atomic E-state index is -1.58. The number of ether oxygens (including phenoxy) is 1. The van der Waals surface area contributed by atoms with Crippen molar-refractivity contribution in [3.63, 3.8) is 0 Å². The third-order valence-corrected chi connectivity index (χ3v) is 2.89. The molecule has 0 spiro atoms. The van der Waals surface area contributed by atoms with E-state index in [9.17, 15) is 14.4 Å². The summed E-state index contributed by atoms with van der Waals surface area (Å²) in [7, 11) is -0.107. The zero-order valence-electron chi connectivity index (χ0n) is 10.5. The maximum absolute atomic E-state index is 12.8. The van der Waals surface area contributed by atoms with E-state index in [1.807, 2.05) is 6.07 Å². The van der Waals surface area contributed by atoms with Crippen LogP contribution in [0.1, 0.15) is 11.1 Å². The van der Waals surface area contributed by atoms with Gasteiger partial charge in [-0.3, -0.25) is 0 Å². The zero-order chi connectivity index (χ0) is 13.8. The lowest BCUT2D eigenvalue weighted by atomic mass is 9.78. The Hall–Kier alpha value is -1.85. The van der Waals surface area contributed by atoms with Gasteiger partial charge < -0.3 is 14.8 Å². The number of hydrogen-bond acceptors (Lipinski definition) is 3. The first kappa shape index (κ1) is 13.6. The van der Waals surface area contributed by atoms with Crippen molar-refractivity contribution in [1.29, 1.82) is 0 Å². The Bertz CT molecular complexity index is 555. The largest absolute Gasteiger partial charge is 0.497 e. The normalized spacial score (nSPS) is 10.3. The molecule has 3 nitrogen and oxygen atoms in total. The fourth-order valence-corrected chi connectivity index (χ4v) is 1.93. The number of hydrogen-bond donors (Lipinski definition) is 2. The number of halogens is 1. The van der Waals surface area contributed by atoms with Crippen molar-refractivity contribution in [3.8, 4) is 5.75 Å². The first-order valence-electron chi connectivity index (χ1n) is 5.87. The van der Waals surface area contributed by atoms with Crippen molar-refractivity contribution in [2.24, 2.45) is 0 Å². The summed E-state index contributed by atoms with van der Waals surface area (Å²) in [5, 5.41) is 18.6. The highest BCUT2D eigenvalue weighted by Gasteiger charge is 2.17. The summed E-state index contributed by atoms with van der Waals surface area (Å²) in [6.07, 6.45) is 0.587. The quantitative estimate of drug-likeness (QED) is 0.809. The van der Waals surface area contributed by atoms with Crippen molar-refractivity contribution in [1.82, 2.24) is 0 Å². The van der Waals surface area contributed by atoms with Gasteiger partial charge in [0.05, 0.1) is 7.11 Å². The van der Waals surface area contributed by atoms with Gasteiger partial charge in [0.1, 0.15) is 11.6 Å². The Labute approximate surface area is 111 Å². The van der Waals surface area contributed by atoms with Crippen LogP contribution in [0.2, 0.25) is 0 Å². The lowest BCUT2D eigenvalue weighted by molar-refractivity contribution is 0.403. The lowest BCUT2D eigenvalue weighted by Gasteiger charge is -2.10. The molecular weight excluding hydrogens is 246 g/mol. The molecule has 2 rings (SSSR count). The van der Waals surface area contributed by atoms with Crippen LogP contribution >= 0.6 is 0 Å². The van der Waals surface area contributed by atoms with Gasteiger partial charge >= 0.3 is 7.12 Å². The second-order valence-electron chi connectivity index (χ2n) is 4.25. The van der Waals surface area contributed by atoms with Crippen LogP contribution in [0.3, 0.4) is 0 Å². The lowest BCUT2D eigenvalue weighted by Crippen LogP contribution is -2.31. The molecule has 0 aliphatic carbocycles. The fourth-order valence-electron chi connectivity index (χ4n) is 1.93. The molecule has 0 unspecified atom stereocenters. The zero-order valence-corrected chi connectivity index (χ0v) is 10.5. The van der Waals surface area contributed by atoms with E-state index in [0.717, 1.165) is 11.1 Å². The van der Waals surface area contributed by atoms with Gasteiger partial charge in [-0.1, -0.05) is 24.3 Å². The van der Waals surface area contributed by atoms with Crippen LogP contribution in [-0.4, -0.2) is 24.3 Å². The summed E-state index contributed by atoms with van der Waals surface area (Å²) in [6, 6.07) is 11.4. The van der Waals surface area contributed by atoms with Crippen LogP contribution in [0.5, 0.6) is 5.75 Å². The van der Waals surface area contributed by atoms with Gasteiger partial charge in [-0.15, -0.1) is 0 Å². The van der Waals surface area contributed by atoms with E-state index in [2.05, 4.69) is 0 Å². The van der Waals surface area contributed by atoms with E-state index in [1.165, 1.54) is 19.2 Å². The number of benzene rings is 2. The Morgan fingerprint density at radius 2 is 1.68 bits per heavy atom. The van der Waals surface area contributed by atoms with Crippen molar-refractivity contribution in [2.45, 2.75) is 6.42 Å². The molecule has 0 fully saturated rings. The molecule has 0 saturated carbocycles. The van der Waals surface area contributed by atoms with Crippen LogP contribution in [0.4, 0.5) is 4.39 Å². The molecule has 98 valence electrons. The highest BCUT2D eigenvalue weighted by Crippen LogP contribution is 2.14. The molecule has 2 N–H and O–H groups in total. The van der Waals surface area contributed by atoms with Gasteiger partial charge in [0.2, 0.25) is 0 Å². The third-order valence-electron chi connectivity index (χ3n) is 2.89. The van der Waals surface area contributed by atoms with E-state index in [-0.39, 0.29) is 5.82 Å². The van der Waals surface area contributed by atoms with Crippen molar-refractivity contribution in [3.05, 3.63) is 59.4 Å². The summed E-state index contributed by atoms with van der Waals surface area (Å²) < 4.78 is 17.9. The second kappa shape index (κ2) is 5.86. The first-order chi connectivity index (χ1) is 9.10. The molecule has 2 aromatic rings. The predicted molar refractivity (Wildman–Crippen MR) is 72.0 cm³/mol. The third kappa shape index (κ3) is 3.33. The highest BCUT2D eigenvalue weighted by atomic mass is 19.1. The molecule has 19 heavy (non-hydrogen) atoms. The predicted octanol–water partition coefficient (Wildman–Crippen LogP) is 1.10. The minimum Gasteiger partial charge on any atom is -0.497 e. The van der Waals surface area contributed by atoms with Crippen molar-refractivity contribution in [2.75, 3.05) is 7.11 Å². The van der Waals surface area contributed by atoms with E-state index in [0.29, 0.717) is 17.6 Å². The maximum Gasteiger partial charge on any atom is 0.492 e. The smallest absolute Gasteiger partial charge is 0.492 e. The Kier molecular flexibility index (Phi) is 4.19. The first-order valence-corrected chi connectivity index (χ1v) is 5.87. The van der Waals surface area contributed by atoms with Gasteiger partial charge in [-0.05, 0) is 35.7 Å². The maximum atomic E-state index is 12.8. The standard InChI is InChI=1S/C14H14BFO3/c1-19-14-7-4-11(9-13(14)15(17)18)8-10-2-5-12(16)6-3-10/h2-7,9,17-18H,8H2,1H3. The number of methoxy groups -OCH3 is 1. The van der Waals surface area contributed by atoms with E-state index in [1.54, 1.807) is 24.3 Å². The molecule has 0 aliphatic heterocycles. The summed E-state index contributed by atoms with van der Waals surface area (Å²) in [6.45, 7) is 0. The Balaban J connectivity index is 2.25. The topological polar surface area (TPSA) is 49.7 Å². The van der Waals surface area contributed by atoms with Crippen LogP contribution in [0, 0.1) is 5.82 Å². The highest BCUT2D eigenvalue weighted by molar-refractivity contribution is 6.59. The molecule has 0 saturated heterocycles. The van der Waals surface area contributed by atoms with Gasteiger partial charge in [0.25, 0.3) is 0 Å². The minimum absolute atomic E-state index is 0.273. The molecule has 0 amide bonds. The molecule has 0 bridgehead atoms. The average Bonchev–Trinajstić information content (AvgIpc) is 2.41. The average molecular weight is 260 g/mol. The van der Waals surface area contributed by atoms with Crippen LogP contribution in [-0.2, 0) is 6.42 Å². The van der Waals surface area contributed by atoms with E-state index < -0.39 is 7.12 Å². The molecular formula is C14H14BFO3. The molecule has 0 aromatic heterocycles. The molecule has 0 radical (unpaired) electrons. The summed E-state index contributed by atoms with van der Waals surface area (Å²) in [4.78, 5) is 0. The van der Waals surface area contributed by atoms with Crippen LogP contribution in [0.15, 0.2) is 42.5 Å². The molecule has 0 aliphatic rings. The Morgan fingerprint density at radius 3 is 2.26 bits per heavy atom. The van der Waals surface area contributed by atoms with Gasteiger partial charge in [0, 0.05) is 5.46 Å². The van der Waals surface area contributed by atoms with Crippen molar-refractivity contribution >= 4 is 12.6 Å². The van der Waals surface area contributed by atoms with Crippen LogP contribution < -0.4 is 10.2 Å². The molecule has 5 heteroatoms. The fraction of sp³-hybridized carbons (Fsp3) is 0.143. The summed E-state index contributed by atoms with van der Waals surface area (Å²) >= 11 is 0. The summed E-state index contributed by atoms with van der Waals surface area (Å²) in [5.41, 5.74) is 2.17. The van der Waals surface area contributed by atoms with Gasteiger partial charge in [-0.2, -0.15) is 0 Å². The molecule has 2 aromatic carbocycles. The van der Waals surface area contributed by atoms with E-state index >= 15 is 0 Å². The van der Waals surface area contributed by atoms with Gasteiger partial charge in [-0.25, -0.2) is 4.39 Å². The van der Waals surface area contributed by atoms with Crippen molar-refractivity contribution < 1.29 is 19.2 Å². The summed E-state index contributed by atoms with van der Waals surface area (Å²) in [5.74, 6) is 0.155. The number of rotatable bonds is 4. The monoisotopic (exact) mass is 260 g/mol. The SMILES string of the molecule is COc1ccc(Cc2ccc(F)cc2)cc1B(O)O. The van der Waals surface area contributed by atoms with Crippen LogP contribution in [0.25, 0.3) is 0 Å². The van der Waals surface area contributed by atoms with E-state index in [4.69, 9.17) is 4.74 Å². The molecule has 0 heterocycles. The molecule has 0 atom stereocenters. The Morgan fingerprint density at radius 1 is 1.05 bits per heavy atom. The van der Waals surface area contributed by atoms with Gasteiger partial charge in [0.15, 0.2) is 0 Å². The second-order valence-corrected chi connectivity index (χ2v) is 4.25.